The maximum Gasteiger partial charge on any atom is 0.337 e. The first-order valence-corrected chi connectivity index (χ1v) is 11.9. The molecule has 2 N–H and O–H groups in total. The fraction of sp³-hybridized carbons (Fsp3) is 0.250. The Hall–Kier alpha value is -3.39. The van der Waals surface area contributed by atoms with E-state index in [-0.39, 0.29) is 16.3 Å². The van der Waals surface area contributed by atoms with Gasteiger partial charge in [0.15, 0.2) is 0 Å². The normalized spacial score (nSPS) is 11.2. The second-order valence-corrected chi connectivity index (χ2v) is 9.06. The summed E-state index contributed by atoms with van der Waals surface area (Å²) in [6, 6.07) is 17.0. The molecule has 0 aliphatic heterocycles. The predicted molar refractivity (Wildman–Crippen MR) is 122 cm³/mol. The number of hydrogen-bond acceptors (Lipinski definition) is 5. The van der Waals surface area contributed by atoms with Crippen LogP contribution in [0.3, 0.4) is 0 Å². The van der Waals surface area contributed by atoms with Gasteiger partial charge in [0.05, 0.1) is 10.5 Å². The second-order valence-electron chi connectivity index (χ2n) is 7.38. The smallest absolute Gasteiger partial charge is 0.337 e. The molecule has 0 amide bonds. The van der Waals surface area contributed by atoms with Crippen molar-refractivity contribution < 1.29 is 23.1 Å². The zero-order valence-electron chi connectivity index (χ0n) is 17.8. The van der Waals surface area contributed by atoms with Crippen LogP contribution in [0.4, 0.5) is 5.82 Å². The van der Waals surface area contributed by atoms with Crippen molar-refractivity contribution >= 4 is 21.8 Å². The molecule has 0 fully saturated rings. The van der Waals surface area contributed by atoms with Gasteiger partial charge >= 0.3 is 5.97 Å². The van der Waals surface area contributed by atoms with Crippen LogP contribution in [0.15, 0.2) is 71.8 Å². The number of sulfonamides is 1. The number of rotatable bonds is 11. The fourth-order valence-corrected chi connectivity index (χ4v) is 4.05. The van der Waals surface area contributed by atoms with Gasteiger partial charge < -0.3 is 9.84 Å². The molecule has 1 aromatic heterocycles. The number of nitrogens with one attached hydrogen (secondary N) is 1. The van der Waals surface area contributed by atoms with E-state index in [0.717, 1.165) is 23.9 Å². The van der Waals surface area contributed by atoms with Gasteiger partial charge in [-0.1, -0.05) is 44.0 Å². The van der Waals surface area contributed by atoms with E-state index in [1.165, 1.54) is 49.1 Å². The number of carboxylic acid groups (broad SMARTS) is 1. The molecule has 0 radical (unpaired) electrons. The number of anilines is 1. The highest BCUT2D eigenvalue weighted by molar-refractivity contribution is 7.92. The molecule has 0 aliphatic rings. The Kier molecular flexibility index (Phi) is 7.83. The molecule has 8 heteroatoms. The van der Waals surface area contributed by atoms with E-state index < -0.39 is 16.0 Å². The zero-order valence-corrected chi connectivity index (χ0v) is 18.6. The molecule has 0 saturated carbocycles. The molecule has 7 nitrogen and oxygen atoms in total. The third-order valence-electron chi connectivity index (χ3n) is 4.88. The molecule has 0 unspecified atom stereocenters. The number of unbranched alkanes of at least 4 members (excludes halogenated alkanes) is 2. The number of aryl methyl sites for hydroxylation is 1. The molecule has 0 saturated heterocycles. The Balaban J connectivity index is 1.56. The lowest BCUT2D eigenvalue weighted by molar-refractivity contribution is 0.0696. The van der Waals surface area contributed by atoms with Gasteiger partial charge in [-0.25, -0.2) is 18.2 Å². The number of benzene rings is 2. The van der Waals surface area contributed by atoms with Crippen LogP contribution in [0.5, 0.6) is 5.75 Å². The average Bonchev–Trinajstić information content (AvgIpc) is 2.79. The van der Waals surface area contributed by atoms with E-state index in [1.807, 2.05) is 12.1 Å². The quantitative estimate of drug-likeness (QED) is 0.400. The molecule has 1 heterocycles. The summed E-state index contributed by atoms with van der Waals surface area (Å²) in [6.07, 6.45) is 5.78. The Morgan fingerprint density at radius 3 is 2.25 bits per heavy atom. The third-order valence-corrected chi connectivity index (χ3v) is 6.25. The van der Waals surface area contributed by atoms with Crippen LogP contribution in [0, 0.1) is 0 Å². The van der Waals surface area contributed by atoms with Crippen molar-refractivity contribution in [1.82, 2.24) is 4.98 Å². The molecule has 168 valence electrons. The van der Waals surface area contributed by atoms with E-state index in [1.54, 1.807) is 12.1 Å². The number of hydrogen-bond donors (Lipinski definition) is 2. The predicted octanol–water partition coefficient (Wildman–Crippen LogP) is 4.89. The van der Waals surface area contributed by atoms with Gasteiger partial charge in [-0.05, 0) is 60.4 Å². The maximum atomic E-state index is 12.5. The minimum absolute atomic E-state index is 0.0246. The van der Waals surface area contributed by atoms with Gasteiger partial charge in [0, 0.05) is 6.20 Å². The highest BCUT2D eigenvalue weighted by atomic mass is 32.2. The summed E-state index contributed by atoms with van der Waals surface area (Å²) in [5.74, 6) is -0.327. The summed E-state index contributed by atoms with van der Waals surface area (Å²) in [5.41, 5.74) is 2.10. The minimum Gasteiger partial charge on any atom is -0.489 e. The molecule has 32 heavy (non-hydrogen) atoms. The highest BCUT2D eigenvalue weighted by Gasteiger charge is 2.15. The van der Waals surface area contributed by atoms with Gasteiger partial charge in [-0.3, -0.25) is 4.72 Å². The summed E-state index contributed by atoms with van der Waals surface area (Å²) < 4.78 is 33.2. The number of carboxylic acids is 1. The van der Waals surface area contributed by atoms with Crippen LogP contribution in [-0.2, 0) is 23.1 Å². The van der Waals surface area contributed by atoms with Crippen molar-refractivity contribution in [2.75, 3.05) is 4.72 Å². The standard InChI is InChI=1S/C24H26N2O5S/c1-2-3-4-5-18-6-11-21(12-7-18)31-17-19-8-13-22(14-9-19)32(29,30)26-23-15-10-20(16-25-23)24(27)28/h6-16H,2-5,17H2,1H3,(H,25,26)(H,27,28). The van der Waals surface area contributed by atoms with E-state index in [9.17, 15) is 13.2 Å². The first kappa shape index (κ1) is 23.3. The van der Waals surface area contributed by atoms with Crippen molar-refractivity contribution in [2.45, 2.75) is 44.1 Å². The topological polar surface area (TPSA) is 106 Å². The van der Waals surface area contributed by atoms with Gasteiger partial charge in [-0.15, -0.1) is 0 Å². The van der Waals surface area contributed by atoms with Gasteiger partial charge in [0.1, 0.15) is 18.2 Å². The summed E-state index contributed by atoms with van der Waals surface area (Å²) in [4.78, 5) is 14.8. The van der Waals surface area contributed by atoms with Crippen molar-refractivity contribution in [3.8, 4) is 5.75 Å². The van der Waals surface area contributed by atoms with E-state index >= 15 is 0 Å². The van der Waals surface area contributed by atoms with Crippen LogP contribution >= 0.6 is 0 Å². The summed E-state index contributed by atoms with van der Waals surface area (Å²) in [7, 11) is -3.85. The Bertz CT molecular complexity index is 1130. The van der Waals surface area contributed by atoms with Crippen molar-refractivity contribution in [1.29, 1.82) is 0 Å². The first-order chi connectivity index (χ1) is 15.4. The number of aromatic nitrogens is 1. The Morgan fingerprint density at radius 2 is 1.66 bits per heavy atom. The SMILES string of the molecule is CCCCCc1ccc(OCc2ccc(S(=O)(=O)Nc3ccc(C(=O)O)cn3)cc2)cc1. The van der Waals surface area contributed by atoms with Crippen LogP contribution in [-0.4, -0.2) is 24.5 Å². The number of pyridine rings is 1. The van der Waals surface area contributed by atoms with Crippen molar-refractivity contribution in [3.05, 3.63) is 83.6 Å². The van der Waals surface area contributed by atoms with E-state index in [0.29, 0.717) is 6.61 Å². The molecule has 2 aromatic carbocycles. The lowest BCUT2D eigenvalue weighted by Crippen LogP contribution is -2.14. The summed E-state index contributed by atoms with van der Waals surface area (Å²) in [5, 5.41) is 8.89. The number of aromatic carboxylic acids is 1. The van der Waals surface area contributed by atoms with Crippen LogP contribution < -0.4 is 9.46 Å². The number of carbonyl (C=O) groups is 1. The molecule has 0 atom stereocenters. The van der Waals surface area contributed by atoms with Crippen molar-refractivity contribution in [2.24, 2.45) is 0 Å². The Labute approximate surface area is 188 Å². The maximum absolute atomic E-state index is 12.5. The average molecular weight is 455 g/mol. The Morgan fingerprint density at radius 1 is 0.969 bits per heavy atom. The molecular formula is C24H26N2O5S. The molecule has 0 aliphatic carbocycles. The van der Waals surface area contributed by atoms with Gasteiger partial charge in [-0.2, -0.15) is 0 Å². The van der Waals surface area contributed by atoms with E-state index in [2.05, 4.69) is 28.8 Å². The second kappa shape index (κ2) is 10.8. The molecule has 3 aromatic rings. The van der Waals surface area contributed by atoms with E-state index in [4.69, 9.17) is 9.84 Å². The van der Waals surface area contributed by atoms with Crippen LogP contribution in [0.2, 0.25) is 0 Å². The van der Waals surface area contributed by atoms with Gasteiger partial charge in [0.2, 0.25) is 0 Å². The summed E-state index contributed by atoms with van der Waals surface area (Å²) >= 11 is 0. The highest BCUT2D eigenvalue weighted by Crippen LogP contribution is 2.18. The third kappa shape index (κ3) is 6.55. The fourth-order valence-electron chi connectivity index (χ4n) is 3.04. The molecule has 0 bridgehead atoms. The lowest BCUT2D eigenvalue weighted by atomic mass is 10.1. The zero-order chi connectivity index (χ0) is 23.0. The minimum atomic E-state index is -3.85. The van der Waals surface area contributed by atoms with Gasteiger partial charge in [0.25, 0.3) is 10.0 Å². The van der Waals surface area contributed by atoms with Crippen LogP contribution in [0.25, 0.3) is 0 Å². The lowest BCUT2D eigenvalue weighted by Gasteiger charge is -2.10. The monoisotopic (exact) mass is 454 g/mol. The van der Waals surface area contributed by atoms with Crippen molar-refractivity contribution in [3.63, 3.8) is 0 Å². The first-order valence-electron chi connectivity index (χ1n) is 10.4. The number of ether oxygens (including phenoxy) is 1. The molecular weight excluding hydrogens is 428 g/mol. The molecule has 0 spiro atoms. The molecule has 3 rings (SSSR count). The summed E-state index contributed by atoms with van der Waals surface area (Å²) in [6.45, 7) is 2.51. The van der Waals surface area contributed by atoms with Crippen LogP contribution in [0.1, 0.15) is 47.7 Å². The number of nitrogens with zero attached hydrogens (tertiary/aromatic N) is 1. The largest absolute Gasteiger partial charge is 0.489 e.